The summed E-state index contributed by atoms with van der Waals surface area (Å²) in [6, 6.07) is 18.2. The minimum atomic E-state index is 0.355. The molecule has 100 valence electrons. The molecule has 0 fully saturated rings. The Hall–Kier alpha value is -0.870. The monoisotopic (exact) mass is 365 g/mol. The Kier molecular flexibility index (Phi) is 4.99. The van der Waals surface area contributed by atoms with Gasteiger partial charge < -0.3 is 5.32 Å². The first kappa shape index (κ1) is 14.5. The van der Waals surface area contributed by atoms with Crippen molar-refractivity contribution >= 4 is 22.6 Å². The summed E-state index contributed by atoms with van der Waals surface area (Å²) in [5.74, 6) is 0. The summed E-state index contributed by atoms with van der Waals surface area (Å²) in [5, 5.41) is 3.65. The van der Waals surface area contributed by atoms with E-state index in [4.69, 9.17) is 0 Å². The van der Waals surface area contributed by atoms with Crippen molar-refractivity contribution in [2.24, 2.45) is 0 Å². The Morgan fingerprint density at radius 3 is 1.68 bits per heavy atom. The largest absolute Gasteiger partial charge is 0.304 e. The molecule has 0 heterocycles. The third-order valence-electron chi connectivity index (χ3n) is 3.45. The summed E-state index contributed by atoms with van der Waals surface area (Å²) in [4.78, 5) is 0. The van der Waals surface area contributed by atoms with E-state index in [0.29, 0.717) is 12.1 Å². The highest BCUT2D eigenvalue weighted by Crippen LogP contribution is 2.20. The molecular formula is C17H20IN. The first-order chi connectivity index (χ1) is 9.06. The maximum absolute atomic E-state index is 3.65. The third-order valence-corrected chi connectivity index (χ3v) is 4.17. The first-order valence-electron chi connectivity index (χ1n) is 6.64. The van der Waals surface area contributed by atoms with E-state index in [1.165, 1.54) is 20.3 Å². The molecule has 2 rings (SSSR count). The molecule has 0 saturated carbocycles. The predicted molar refractivity (Wildman–Crippen MR) is 90.3 cm³/mol. The molecule has 0 radical (unpaired) electrons. The second-order valence-corrected chi connectivity index (χ2v) is 6.32. The number of aryl methyl sites for hydroxylation is 1. The van der Waals surface area contributed by atoms with Gasteiger partial charge in [0.2, 0.25) is 0 Å². The normalized spacial score (nSPS) is 14.1. The Morgan fingerprint density at radius 2 is 1.21 bits per heavy atom. The molecule has 0 amide bonds. The number of rotatable bonds is 4. The van der Waals surface area contributed by atoms with Crippen LogP contribution in [0.15, 0.2) is 48.5 Å². The summed E-state index contributed by atoms with van der Waals surface area (Å²) in [6.07, 6.45) is 0. The fourth-order valence-corrected chi connectivity index (χ4v) is 2.53. The average molecular weight is 365 g/mol. The van der Waals surface area contributed by atoms with Gasteiger partial charge in [0.1, 0.15) is 0 Å². The van der Waals surface area contributed by atoms with Gasteiger partial charge in [-0.05, 0) is 66.6 Å². The van der Waals surface area contributed by atoms with Gasteiger partial charge in [0.25, 0.3) is 0 Å². The topological polar surface area (TPSA) is 12.0 Å². The van der Waals surface area contributed by atoms with Crippen molar-refractivity contribution in [3.8, 4) is 0 Å². The van der Waals surface area contributed by atoms with Crippen molar-refractivity contribution < 1.29 is 0 Å². The van der Waals surface area contributed by atoms with Crippen molar-refractivity contribution in [2.45, 2.75) is 32.9 Å². The van der Waals surface area contributed by atoms with Gasteiger partial charge in [-0.25, -0.2) is 0 Å². The number of halogens is 1. The van der Waals surface area contributed by atoms with Crippen molar-refractivity contribution in [1.82, 2.24) is 5.32 Å². The summed E-state index contributed by atoms with van der Waals surface area (Å²) < 4.78 is 1.28. The van der Waals surface area contributed by atoms with Crippen LogP contribution in [0.4, 0.5) is 0 Å². The molecule has 0 aliphatic carbocycles. The van der Waals surface area contributed by atoms with E-state index in [1.807, 2.05) is 0 Å². The maximum atomic E-state index is 3.65. The molecule has 0 spiro atoms. The van der Waals surface area contributed by atoms with Crippen molar-refractivity contribution in [3.05, 3.63) is 68.8 Å². The van der Waals surface area contributed by atoms with Crippen LogP contribution in [0.25, 0.3) is 0 Å². The molecular weight excluding hydrogens is 345 g/mol. The summed E-state index contributed by atoms with van der Waals surface area (Å²) >= 11 is 2.34. The van der Waals surface area contributed by atoms with Gasteiger partial charge >= 0.3 is 0 Å². The minimum Gasteiger partial charge on any atom is -0.304 e. The van der Waals surface area contributed by atoms with E-state index in [2.05, 4.69) is 97.2 Å². The lowest BCUT2D eigenvalue weighted by atomic mass is 10.0. The first-order valence-corrected chi connectivity index (χ1v) is 7.72. The average Bonchev–Trinajstić information content (AvgIpc) is 2.40. The SMILES string of the molecule is Cc1ccc([C@@H](C)NC(C)c2ccc(I)cc2)cc1. The third kappa shape index (κ3) is 4.05. The molecule has 0 saturated heterocycles. The summed E-state index contributed by atoms with van der Waals surface area (Å²) in [7, 11) is 0. The molecule has 2 atom stereocenters. The zero-order chi connectivity index (χ0) is 13.8. The molecule has 2 aromatic rings. The highest BCUT2D eigenvalue weighted by molar-refractivity contribution is 14.1. The van der Waals surface area contributed by atoms with Gasteiger partial charge in [0.15, 0.2) is 0 Å². The van der Waals surface area contributed by atoms with Crippen LogP contribution in [-0.2, 0) is 0 Å². The quantitative estimate of drug-likeness (QED) is 0.751. The molecule has 2 heteroatoms. The van der Waals surface area contributed by atoms with Crippen LogP contribution in [0.1, 0.15) is 42.6 Å². The molecule has 1 N–H and O–H groups in total. The molecule has 1 unspecified atom stereocenters. The second kappa shape index (κ2) is 6.53. The number of hydrogen-bond acceptors (Lipinski definition) is 1. The van der Waals surface area contributed by atoms with Crippen LogP contribution >= 0.6 is 22.6 Å². The molecule has 0 aromatic heterocycles. The molecule has 2 aromatic carbocycles. The van der Waals surface area contributed by atoms with Gasteiger partial charge in [-0.15, -0.1) is 0 Å². The fourth-order valence-electron chi connectivity index (χ4n) is 2.17. The minimum absolute atomic E-state index is 0.355. The lowest BCUT2D eigenvalue weighted by Gasteiger charge is -2.21. The standard InChI is InChI=1S/C17H20IN/c1-12-4-6-15(7-5-12)13(2)19-14(3)16-8-10-17(18)11-9-16/h4-11,13-14,19H,1-3H3/t13-,14?/m1/s1. The smallest absolute Gasteiger partial charge is 0.0297 e. The van der Waals surface area contributed by atoms with Crippen molar-refractivity contribution in [2.75, 3.05) is 0 Å². The van der Waals surface area contributed by atoms with E-state index < -0.39 is 0 Å². The lowest BCUT2D eigenvalue weighted by Crippen LogP contribution is -2.22. The van der Waals surface area contributed by atoms with Crippen molar-refractivity contribution in [3.63, 3.8) is 0 Å². The Labute approximate surface area is 129 Å². The second-order valence-electron chi connectivity index (χ2n) is 5.07. The van der Waals surface area contributed by atoms with Gasteiger partial charge in [-0.1, -0.05) is 42.0 Å². The van der Waals surface area contributed by atoms with Gasteiger partial charge in [-0.3, -0.25) is 0 Å². The fraction of sp³-hybridized carbons (Fsp3) is 0.294. The van der Waals surface area contributed by atoms with E-state index in [-0.39, 0.29) is 0 Å². The van der Waals surface area contributed by atoms with Crippen molar-refractivity contribution in [1.29, 1.82) is 0 Å². The Morgan fingerprint density at radius 1 is 0.789 bits per heavy atom. The Balaban J connectivity index is 2.03. The van der Waals surface area contributed by atoms with Gasteiger partial charge in [0, 0.05) is 15.7 Å². The van der Waals surface area contributed by atoms with Crippen LogP contribution in [0.3, 0.4) is 0 Å². The zero-order valence-corrected chi connectivity index (χ0v) is 13.8. The highest BCUT2D eigenvalue weighted by Gasteiger charge is 2.10. The van der Waals surface area contributed by atoms with E-state index in [1.54, 1.807) is 0 Å². The number of nitrogens with one attached hydrogen (secondary N) is 1. The number of benzene rings is 2. The predicted octanol–water partition coefficient (Wildman–Crippen LogP) is 5.01. The van der Waals surface area contributed by atoms with E-state index in [0.717, 1.165) is 0 Å². The maximum Gasteiger partial charge on any atom is 0.0297 e. The molecule has 19 heavy (non-hydrogen) atoms. The van der Waals surface area contributed by atoms with Crippen LogP contribution < -0.4 is 5.32 Å². The summed E-state index contributed by atoms with van der Waals surface area (Å²) in [6.45, 7) is 6.55. The lowest BCUT2D eigenvalue weighted by molar-refractivity contribution is 0.494. The Bertz CT molecular complexity index is 466. The van der Waals surface area contributed by atoms with Crippen LogP contribution in [-0.4, -0.2) is 0 Å². The molecule has 0 bridgehead atoms. The van der Waals surface area contributed by atoms with Crippen LogP contribution in [0.5, 0.6) is 0 Å². The molecule has 0 aliphatic heterocycles. The molecule has 0 aliphatic rings. The summed E-state index contributed by atoms with van der Waals surface area (Å²) in [5.41, 5.74) is 3.98. The van der Waals surface area contributed by atoms with E-state index in [9.17, 15) is 0 Å². The number of hydrogen-bond donors (Lipinski definition) is 1. The van der Waals surface area contributed by atoms with Gasteiger partial charge in [0.05, 0.1) is 0 Å². The van der Waals surface area contributed by atoms with Crippen LogP contribution in [0, 0.1) is 10.5 Å². The highest BCUT2D eigenvalue weighted by atomic mass is 127. The van der Waals surface area contributed by atoms with E-state index >= 15 is 0 Å². The van der Waals surface area contributed by atoms with Gasteiger partial charge in [-0.2, -0.15) is 0 Å². The zero-order valence-electron chi connectivity index (χ0n) is 11.7. The molecule has 1 nitrogen and oxygen atoms in total. The van der Waals surface area contributed by atoms with Crippen LogP contribution in [0.2, 0.25) is 0 Å².